The molecule has 8 heteroatoms. The molecule has 0 amide bonds. The molecule has 2 atom stereocenters. The Bertz CT molecular complexity index is 268. The van der Waals surface area contributed by atoms with Gasteiger partial charge in [-0.1, -0.05) is 12.1 Å². The van der Waals surface area contributed by atoms with Gasteiger partial charge >= 0.3 is 8.69 Å². The summed E-state index contributed by atoms with van der Waals surface area (Å²) < 4.78 is 32.5. The van der Waals surface area contributed by atoms with Gasteiger partial charge < -0.3 is 18.8 Å². The zero-order valence-corrected chi connectivity index (χ0v) is 8.42. The van der Waals surface area contributed by atoms with Crippen molar-refractivity contribution in [3.8, 4) is 11.5 Å². The average Bonchev–Trinajstić information content (AvgIpc) is 2.06. The van der Waals surface area contributed by atoms with Gasteiger partial charge in [0.1, 0.15) is 0 Å². The van der Waals surface area contributed by atoms with Crippen molar-refractivity contribution in [1.29, 1.82) is 0 Å². The van der Waals surface area contributed by atoms with Crippen molar-refractivity contribution in [2.24, 2.45) is 0 Å². The fraction of sp³-hybridized carbons (Fsp3) is 0. The molecule has 1 N–H and O–H groups in total. The minimum absolute atomic E-state index is 0.204. The molecule has 0 aliphatic rings. The van der Waals surface area contributed by atoms with Crippen LogP contribution in [0.3, 0.4) is 0 Å². The topological polar surface area (TPSA) is 61.8 Å². The second-order valence-electron chi connectivity index (χ2n) is 2.07. The largest absolute Gasteiger partial charge is 0.772 e. The predicted molar refractivity (Wildman–Crippen MR) is 46.0 cm³/mol. The van der Waals surface area contributed by atoms with Gasteiger partial charge in [-0.05, 0) is 12.1 Å². The van der Waals surface area contributed by atoms with Gasteiger partial charge in [-0.3, -0.25) is 0 Å². The maximum absolute atomic E-state index is 12.1. The average molecular weight is 241 g/mol. The van der Waals surface area contributed by atoms with E-state index in [4.69, 9.17) is 4.89 Å². The van der Waals surface area contributed by atoms with Gasteiger partial charge in [0, 0.05) is 0 Å². The minimum atomic E-state index is -3.34. The van der Waals surface area contributed by atoms with Gasteiger partial charge in [-0.15, -0.1) is 4.20 Å². The maximum Gasteiger partial charge on any atom is 0.436 e. The van der Waals surface area contributed by atoms with Crippen LogP contribution in [0.2, 0.25) is 0 Å². The molecular weight excluding hydrogens is 236 g/mol. The van der Waals surface area contributed by atoms with E-state index < -0.39 is 17.4 Å². The number of halogens is 2. The molecule has 0 fully saturated rings. The van der Waals surface area contributed by atoms with E-state index in [0.29, 0.717) is 0 Å². The Balaban J connectivity index is 2.80. The van der Waals surface area contributed by atoms with E-state index in [-0.39, 0.29) is 11.5 Å². The first kappa shape index (κ1) is 11.5. The summed E-state index contributed by atoms with van der Waals surface area (Å²) >= 11 is 0. The van der Waals surface area contributed by atoms with Crippen LogP contribution in [0.25, 0.3) is 0 Å². The Morgan fingerprint density at radius 2 is 1.64 bits per heavy atom. The van der Waals surface area contributed by atoms with Gasteiger partial charge in [-0.25, -0.2) is 0 Å². The fourth-order valence-corrected chi connectivity index (χ4v) is 1.38. The van der Waals surface area contributed by atoms with Crippen LogP contribution in [0.1, 0.15) is 0 Å². The molecular formula is C6H5F2O4P2-. The van der Waals surface area contributed by atoms with Crippen LogP contribution in [0.15, 0.2) is 24.3 Å². The fourth-order valence-electron chi connectivity index (χ4n) is 0.759. The molecule has 0 bridgehead atoms. The lowest BCUT2D eigenvalue weighted by molar-refractivity contribution is -0.184. The van der Waals surface area contributed by atoms with Gasteiger partial charge in [0.15, 0.2) is 20.2 Å². The predicted octanol–water partition coefficient (Wildman–Crippen LogP) is 2.19. The van der Waals surface area contributed by atoms with E-state index in [1.807, 2.05) is 0 Å². The lowest BCUT2D eigenvalue weighted by Crippen LogP contribution is -1.97. The standard InChI is InChI=1S/C6H5F2O4P2/c7-13(9)11-5-3-1-2-4-6(5)12-14(8)10/h1-4,9H/q-1. The Labute approximate surface area is 81.2 Å². The second kappa shape index (κ2) is 5.37. The van der Waals surface area contributed by atoms with Crippen LogP contribution in [-0.4, -0.2) is 4.89 Å². The van der Waals surface area contributed by atoms with Gasteiger partial charge in [0.25, 0.3) is 0 Å². The third-order valence-electron chi connectivity index (χ3n) is 1.19. The zero-order chi connectivity index (χ0) is 10.6. The second-order valence-corrected chi connectivity index (χ2v) is 3.31. The van der Waals surface area contributed by atoms with Crippen molar-refractivity contribution >= 4 is 17.4 Å². The first-order valence-electron chi connectivity index (χ1n) is 3.32. The highest BCUT2D eigenvalue weighted by Crippen LogP contribution is 2.43. The Morgan fingerprint density at radius 3 is 2.07 bits per heavy atom. The van der Waals surface area contributed by atoms with Crippen LogP contribution in [-0.2, 0) is 0 Å². The smallest absolute Gasteiger partial charge is 0.436 e. The summed E-state index contributed by atoms with van der Waals surface area (Å²) in [5, 5.41) is 0. The first-order valence-corrected chi connectivity index (χ1v) is 5.49. The summed E-state index contributed by atoms with van der Waals surface area (Å²) in [5.74, 6) is -0.431. The summed E-state index contributed by atoms with van der Waals surface area (Å²) in [5.41, 5.74) is 0. The van der Waals surface area contributed by atoms with Crippen molar-refractivity contribution in [3.05, 3.63) is 24.3 Å². The van der Waals surface area contributed by atoms with Gasteiger partial charge in [0.2, 0.25) is 0 Å². The van der Waals surface area contributed by atoms with Crippen LogP contribution >= 0.6 is 17.4 Å². The van der Waals surface area contributed by atoms with E-state index in [2.05, 4.69) is 9.05 Å². The normalized spacial score (nSPS) is 14.6. The van der Waals surface area contributed by atoms with Crippen LogP contribution in [0.4, 0.5) is 8.39 Å². The summed E-state index contributed by atoms with van der Waals surface area (Å²) in [6.07, 6.45) is 0. The molecule has 1 rings (SSSR count). The van der Waals surface area contributed by atoms with Crippen molar-refractivity contribution in [2.45, 2.75) is 0 Å². The Kier molecular flexibility index (Phi) is 4.42. The molecule has 4 nitrogen and oxygen atoms in total. The quantitative estimate of drug-likeness (QED) is 0.820. The van der Waals surface area contributed by atoms with Crippen molar-refractivity contribution < 1.29 is 27.2 Å². The number of hydrogen-bond acceptors (Lipinski definition) is 4. The summed E-state index contributed by atoms with van der Waals surface area (Å²) in [6, 6.07) is 5.41. The van der Waals surface area contributed by atoms with Crippen LogP contribution in [0.5, 0.6) is 11.5 Å². The van der Waals surface area contributed by atoms with E-state index in [1.54, 1.807) is 0 Å². The van der Waals surface area contributed by atoms with E-state index in [1.165, 1.54) is 24.3 Å². The highest BCUT2D eigenvalue weighted by Gasteiger charge is 2.11. The molecule has 0 spiro atoms. The maximum atomic E-state index is 12.1. The van der Waals surface area contributed by atoms with Crippen molar-refractivity contribution in [3.63, 3.8) is 0 Å². The molecule has 1 aromatic rings. The molecule has 0 aliphatic carbocycles. The molecule has 0 aliphatic heterocycles. The summed E-state index contributed by atoms with van der Waals surface area (Å²) in [6.45, 7) is 0. The van der Waals surface area contributed by atoms with Crippen LogP contribution in [0, 0.1) is 0 Å². The Morgan fingerprint density at radius 1 is 1.14 bits per heavy atom. The third kappa shape index (κ3) is 3.68. The summed E-state index contributed by atoms with van der Waals surface area (Å²) in [4.78, 5) is 18.4. The number of hydrogen-bond donors (Lipinski definition) is 1. The molecule has 0 heterocycles. The molecule has 0 radical (unpaired) electrons. The monoisotopic (exact) mass is 241 g/mol. The highest BCUT2D eigenvalue weighted by atomic mass is 31.2. The third-order valence-corrected chi connectivity index (χ3v) is 1.88. The highest BCUT2D eigenvalue weighted by molar-refractivity contribution is 7.40. The van der Waals surface area contributed by atoms with Gasteiger partial charge in [-0.2, -0.15) is 4.20 Å². The molecule has 0 saturated heterocycles. The van der Waals surface area contributed by atoms with Crippen molar-refractivity contribution in [2.75, 3.05) is 0 Å². The Hall–Kier alpha value is -0.540. The van der Waals surface area contributed by atoms with E-state index in [9.17, 15) is 13.3 Å². The molecule has 0 aromatic heterocycles. The van der Waals surface area contributed by atoms with E-state index >= 15 is 0 Å². The SMILES string of the molecule is [O-]P(F)Oc1ccccc1OP(O)F. The first-order chi connectivity index (χ1) is 6.59. The van der Waals surface area contributed by atoms with Crippen LogP contribution < -0.4 is 13.9 Å². The number of benzene rings is 1. The summed E-state index contributed by atoms with van der Waals surface area (Å²) in [7, 11) is -6.46. The lowest BCUT2D eigenvalue weighted by Gasteiger charge is -2.15. The lowest BCUT2D eigenvalue weighted by atomic mass is 10.3. The molecule has 78 valence electrons. The molecule has 2 unspecified atom stereocenters. The number of para-hydroxylation sites is 2. The molecule has 1 aromatic carbocycles. The van der Waals surface area contributed by atoms with Gasteiger partial charge in [0.05, 0.1) is 0 Å². The molecule has 0 saturated carbocycles. The van der Waals surface area contributed by atoms with Crippen molar-refractivity contribution in [1.82, 2.24) is 0 Å². The zero-order valence-electron chi connectivity index (χ0n) is 6.63. The minimum Gasteiger partial charge on any atom is -0.772 e. The number of rotatable bonds is 4. The van der Waals surface area contributed by atoms with E-state index in [0.717, 1.165) is 0 Å². The molecule has 14 heavy (non-hydrogen) atoms.